The number of hydrogen-bond donors (Lipinski definition) is 4. The van der Waals surface area contributed by atoms with Crippen molar-refractivity contribution in [2.24, 2.45) is 5.92 Å². The second-order valence-corrected chi connectivity index (χ2v) is 7.54. The van der Waals surface area contributed by atoms with Gasteiger partial charge in [0.1, 0.15) is 6.10 Å². The Bertz CT molecular complexity index is 1160. The highest BCUT2D eigenvalue weighted by molar-refractivity contribution is 6.01. The van der Waals surface area contributed by atoms with E-state index in [1.165, 1.54) is 19.3 Å². The van der Waals surface area contributed by atoms with Crippen LogP contribution in [0.4, 0.5) is 21.9 Å². The van der Waals surface area contributed by atoms with Crippen molar-refractivity contribution in [2.45, 2.75) is 13.0 Å². The molecule has 3 aromatic carbocycles. The summed E-state index contributed by atoms with van der Waals surface area (Å²) in [7, 11) is 1.44. The Morgan fingerprint density at radius 3 is 2.38 bits per heavy atom. The molecule has 0 fully saturated rings. The monoisotopic (exact) mass is 461 g/mol. The Morgan fingerprint density at radius 1 is 1.00 bits per heavy atom. The average Bonchev–Trinajstić information content (AvgIpc) is 2.83. The molecular weight excluding hydrogens is 434 g/mol. The van der Waals surface area contributed by atoms with E-state index in [4.69, 9.17) is 15.2 Å². The molecule has 0 aliphatic rings. The number of benzene rings is 3. The Labute approximate surface area is 198 Å². The third-order valence-corrected chi connectivity index (χ3v) is 5.03. The predicted octanol–water partition coefficient (Wildman–Crippen LogP) is 5.10. The molecule has 3 aromatic rings. The van der Waals surface area contributed by atoms with E-state index in [0.717, 1.165) is 0 Å². The second-order valence-electron chi connectivity index (χ2n) is 7.54. The zero-order valence-corrected chi connectivity index (χ0v) is 18.9. The molecule has 2 amide bonds. The zero-order chi connectivity index (χ0) is 24.5. The molecule has 5 N–H and O–H groups in total. The van der Waals surface area contributed by atoms with Gasteiger partial charge >= 0.3 is 6.09 Å². The predicted molar refractivity (Wildman–Crippen MR) is 132 cm³/mol. The summed E-state index contributed by atoms with van der Waals surface area (Å²) in [6.45, 7) is 1.79. The average molecular weight is 462 g/mol. The molecule has 0 radical (unpaired) electrons. The maximum atomic E-state index is 12.6. The molecule has 3 rings (SSSR count). The first kappa shape index (κ1) is 24.2. The van der Waals surface area contributed by atoms with Crippen molar-refractivity contribution in [3.05, 3.63) is 90.5 Å². The van der Waals surface area contributed by atoms with Crippen molar-refractivity contribution in [3.63, 3.8) is 0 Å². The van der Waals surface area contributed by atoms with Crippen LogP contribution in [0.3, 0.4) is 0 Å². The number of phenolic OH excluding ortho intramolecular Hbond substituents is 1. The molecule has 34 heavy (non-hydrogen) atoms. The highest BCUT2D eigenvalue weighted by Crippen LogP contribution is 2.34. The van der Waals surface area contributed by atoms with Gasteiger partial charge in [-0.15, -0.1) is 0 Å². The largest absolute Gasteiger partial charge is 0.504 e. The summed E-state index contributed by atoms with van der Waals surface area (Å²) in [5, 5.41) is 15.6. The number of rotatable bonds is 8. The lowest BCUT2D eigenvalue weighted by Crippen LogP contribution is -2.21. The number of ether oxygens (including phenoxy) is 2. The van der Waals surface area contributed by atoms with E-state index in [1.54, 1.807) is 73.7 Å². The van der Waals surface area contributed by atoms with Gasteiger partial charge in [0.25, 0.3) is 0 Å². The number of nitrogen functional groups attached to an aromatic ring is 1. The molecule has 0 spiro atoms. The Balaban J connectivity index is 1.78. The van der Waals surface area contributed by atoms with Crippen LogP contribution in [-0.2, 0) is 9.53 Å². The molecule has 0 aliphatic carbocycles. The summed E-state index contributed by atoms with van der Waals surface area (Å²) in [5.74, 6) is -0.604. The highest BCUT2D eigenvalue weighted by Gasteiger charge is 2.24. The minimum absolute atomic E-state index is 0.0921. The lowest BCUT2D eigenvalue weighted by molar-refractivity contribution is -0.111. The van der Waals surface area contributed by atoms with Gasteiger partial charge in [-0.05, 0) is 48.0 Å². The van der Waals surface area contributed by atoms with Gasteiger partial charge in [-0.1, -0.05) is 49.4 Å². The van der Waals surface area contributed by atoms with Gasteiger partial charge in [-0.3, -0.25) is 10.1 Å². The van der Waals surface area contributed by atoms with Crippen molar-refractivity contribution < 1.29 is 24.2 Å². The fourth-order valence-electron chi connectivity index (χ4n) is 3.27. The van der Waals surface area contributed by atoms with Gasteiger partial charge in [0.15, 0.2) is 11.5 Å². The normalized spacial score (nSPS) is 12.5. The Kier molecular flexibility index (Phi) is 8.12. The van der Waals surface area contributed by atoms with Crippen molar-refractivity contribution in [3.8, 4) is 11.5 Å². The van der Waals surface area contributed by atoms with E-state index >= 15 is 0 Å². The van der Waals surface area contributed by atoms with E-state index < -0.39 is 18.1 Å². The third kappa shape index (κ3) is 6.52. The summed E-state index contributed by atoms with van der Waals surface area (Å²) < 4.78 is 10.8. The number of methoxy groups -OCH3 is 1. The van der Waals surface area contributed by atoms with Gasteiger partial charge in [-0.2, -0.15) is 0 Å². The summed E-state index contributed by atoms with van der Waals surface area (Å²) in [4.78, 5) is 25.0. The lowest BCUT2D eigenvalue weighted by Gasteiger charge is -2.23. The van der Waals surface area contributed by atoms with Crippen LogP contribution < -0.4 is 21.1 Å². The SMILES string of the molecule is COc1ccc([C@H](OC(=O)Nc2ccccc2)[C@H](C)/C=C/C(=O)Nc2ccccc2N)cc1O. The molecule has 0 aliphatic heterocycles. The van der Waals surface area contributed by atoms with Gasteiger partial charge < -0.3 is 25.6 Å². The van der Waals surface area contributed by atoms with E-state index in [1.807, 2.05) is 6.07 Å². The summed E-state index contributed by atoms with van der Waals surface area (Å²) in [6.07, 6.45) is 1.50. The van der Waals surface area contributed by atoms with Gasteiger partial charge in [0.05, 0.1) is 18.5 Å². The molecule has 176 valence electrons. The quantitative estimate of drug-likeness (QED) is 0.273. The highest BCUT2D eigenvalue weighted by atomic mass is 16.6. The molecule has 8 nitrogen and oxygen atoms in total. The molecule has 0 aromatic heterocycles. The number of aromatic hydroxyl groups is 1. The van der Waals surface area contributed by atoms with Crippen LogP contribution in [0.25, 0.3) is 0 Å². The Hall–Kier alpha value is -4.46. The maximum absolute atomic E-state index is 12.6. The summed E-state index contributed by atoms with van der Waals surface area (Å²) in [5.41, 5.74) is 7.93. The maximum Gasteiger partial charge on any atom is 0.412 e. The fraction of sp³-hybridized carbons (Fsp3) is 0.154. The molecule has 0 saturated carbocycles. The Morgan fingerprint density at radius 2 is 1.71 bits per heavy atom. The van der Waals surface area contributed by atoms with Crippen LogP contribution in [-0.4, -0.2) is 24.2 Å². The smallest absolute Gasteiger partial charge is 0.412 e. The third-order valence-electron chi connectivity index (χ3n) is 5.03. The van der Waals surface area contributed by atoms with Crippen molar-refractivity contribution >= 4 is 29.1 Å². The number of anilines is 3. The van der Waals surface area contributed by atoms with Crippen LogP contribution in [0.15, 0.2) is 84.9 Å². The summed E-state index contributed by atoms with van der Waals surface area (Å²) >= 11 is 0. The topological polar surface area (TPSA) is 123 Å². The first-order valence-corrected chi connectivity index (χ1v) is 10.6. The standard InChI is InChI=1S/C26H27N3O5/c1-17(12-15-24(31)29-21-11-7-6-10-20(21)27)25(18-13-14-23(33-2)22(30)16-18)34-26(32)28-19-8-4-3-5-9-19/h3-17,25,30H,27H2,1-2H3,(H,28,32)(H,29,31)/b15-12+/t17-,25-/m1/s1. The van der Waals surface area contributed by atoms with Crippen molar-refractivity contribution in [2.75, 3.05) is 23.5 Å². The minimum atomic E-state index is -0.800. The van der Waals surface area contributed by atoms with Crippen LogP contribution in [0.2, 0.25) is 0 Å². The molecule has 2 atom stereocenters. The fourth-order valence-corrected chi connectivity index (χ4v) is 3.27. The number of phenols is 1. The van der Waals surface area contributed by atoms with Crippen molar-refractivity contribution in [1.82, 2.24) is 0 Å². The minimum Gasteiger partial charge on any atom is -0.504 e. The van der Waals surface area contributed by atoms with Gasteiger partial charge in [-0.25, -0.2) is 4.79 Å². The number of para-hydroxylation sites is 3. The van der Waals surface area contributed by atoms with E-state index in [2.05, 4.69) is 10.6 Å². The second kappa shape index (κ2) is 11.4. The van der Waals surface area contributed by atoms with Crippen LogP contribution >= 0.6 is 0 Å². The first-order chi connectivity index (χ1) is 16.4. The van der Waals surface area contributed by atoms with E-state index in [0.29, 0.717) is 28.4 Å². The number of nitrogens with two attached hydrogens (primary N) is 1. The molecule has 0 bridgehead atoms. The number of nitrogens with one attached hydrogen (secondary N) is 2. The van der Waals surface area contributed by atoms with Crippen LogP contribution in [0.5, 0.6) is 11.5 Å². The first-order valence-electron chi connectivity index (χ1n) is 10.6. The molecule has 0 unspecified atom stereocenters. The van der Waals surface area contributed by atoms with Gasteiger partial charge in [0, 0.05) is 11.6 Å². The van der Waals surface area contributed by atoms with Gasteiger partial charge in [0.2, 0.25) is 5.91 Å². The number of carbonyl (C=O) groups is 2. The lowest BCUT2D eigenvalue weighted by atomic mass is 9.96. The van der Waals surface area contributed by atoms with E-state index in [9.17, 15) is 14.7 Å². The molecule has 0 saturated heterocycles. The summed E-state index contributed by atoms with van der Waals surface area (Å²) in [6, 6.07) is 20.5. The van der Waals surface area contributed by atoms with Crippen LogP contribution in [0, 0.1) is 5.92 Å². The number of carbonyl (C=O) groups excluding carboxylic acids is 2. The van der Waals surface area contributed by atoms with E-state index in [-0.39, 0.29) is 11.7 Å². The zero-order valence-electron chi connectivity index (χ0n) is 18.9. The molecule has 0 heterocycles. The van der Waals surface area contributed by atoms with Crippen LogP contribution in [0.1, 0.15) is 18.6 Å². The number of hydrogen-bond acceptors (Lipinski definition) is 6. The number of amides is 2. The van der Waals surface area contributed by atoms with Crippen molar-refractivity contribution in [1.29, 1.82) is 0 Å². The molecular formula is C26H27N3O5. The molecule has 8 heteroatoms.